The molecule has 21 heavy (non-hydrogen) atoms. The number of aromatic nitrogens is 2. The molecule has 2 aliphatic rings. The first-order chi connectivity index (χ1) is 10.0. The summed E-state index contributed by atoms with van der Waals surface area (Å²) in [6.45, 7) is 2.01. The second kappa shape index (κ2) is 5.06. The lowest BCUT2D eigenvalue weighted by Crippen LogP contribution is -2.52. The van der Waals surface area contributed by atoms with E-state index in [0.717, 1.165) is 0 Å². The Morgan fingerprint density at radius 3 is 3.05 bits per heavy atom. The SMILES string of the molecule is COC1C2OCC[C@]1(CO)OC2n1cc(C)c(N)nc1=O. The molecule has 0 radical (unpaired) electrons. The molecule has 2 fully saturated rings. The van der Waals surface area contributed by atoms with Crippen LogP contribution in [0.4, 0.5) is 5.82 Å². The monoisotopic (exact) mass is 297 g/mol. The van der Waals surface area contributed by atoms with E-state index in [9.17, 15) is 9.90 Å². The Labute approximate surface area is 121 Å². The van der Waals surface area contributed by atoms with Crippen LogP contribution in [0.25, 0.3) is 0 Å². The van der Waals surface area contributed by atoms with E-state index in [0.29, 0.717) is 18.6 Å². The number of ether oxygens (including phenoxy) is 3. The molecule has 1 aromatic heterocycles. The zero-order chi connectivity index (χ0) is 15.2. The number of aryl methyl sites for hydroxylation is 1. The van der Waals surface area contributed by atoms with Gasteiger partial charge in [-0.1, -0.05) is 0 Å². The van der Waals surface area contributed by atoms with Crippen molar-refractivity contribution in [2.75, 3.05) is 26.1 Å². The van der Waals surface area contributed by atoms with Gasteiger partial charge >= 0.3 is 5.69 Å². The fraction of sp³-hybridized carbons (Fsp3) is 0.692. The Morgan fingerprint density at radius 2 is 2.43 bits per heavy atom. The topological polar surface area (TPSA) is 109 Å². The maximum Gasteiger partial charge on any atom is 0.351 e. The van der Waals surface area contributed by atoms with Gasteiger partial charge in [-0.15, -0.1) is 0 Å². The van der Waals surface area contributed by atoms with Gasteiger partial charge in [-0.2, -0.15) is 4.98 Å². The third kappa shape index (κ3) is 2.06. The van der Waals surface area contributed by atoms with Crippen LogP contribution in [-0.4, -0.2) is 52.8 Å². The molecule has 3 N–H and O–H groups in total. The van der Waals surface area contributed by atoms with Gasteiger partial charge in [-0.25, -0.2) is 4.79 Å². The molecule has 3 unspecified atom stereocenters. The summed E-state index contributed by atoms with van der Waals surface area (Å²) >= 11 is 0. The zero-order valence-electron chi connectivity index (χ0n) is 12.0. The van der Waals surface area contributed by atoms with Crippen LogP contribution in [0.2, 0.25) is 0 Å². The molecule has 8 nitrogen and oxygen atoms in total. The minimum Gasteiger partial charge on any atom is -0.393 e. The van der Waals surface area contributed by atoms with E-state index in [2.05, 4.69) is 4.98 Å². The Balaban J connectivity index is 2.05. The largest absolute Gasteiger partial charge is 0.393 e. The number of aliphatic hydroxyl groups excluding tert-OH is 1. The van der Waals surface area contributed by atoms with Crippen molar-refractivity contribution in [3.63, 3.8) is 0 Å². The summed E-state index contributed by atoms with van der Waals surface area (Å²) in [7, 11) is 1.54. The fourth-order valence-electron chi connectivity index (χ4n) is 3.09. The number of hydrogen-bond acceptors (Lipinski definition) is 7. The van der Waals surface area contributed by atoms with Crippen molar-refractivity contribution in [2.24, 2.45) is 0 Å². The standard InChI is InChI=1S/C13H19N3O5/c1-7-5-16(12(18)15-10(7)14)11-8-9(19-2)13(6-17,21-11)3-4-20-8/h5,8-9,11,17H,3-4,6H2,1-2H3,(H2,14,15,18)/t8?,9?,11?,13-/m1/s1. The molecule has 0 aliphatic carbocycles. The van der Waals surface area contributed by atoms with Crippen molar-refractivity contribution < 1.29 is 19.3 Å². The summed E-state index contributed by atoms with van der Waals surface area (Å²) in [5.41, 5.74) is 4.95. The molecule has 2 bridgehead atoms. The van der Waals surface area contributed by atoms with Crippen molar-refractivity contribution in [1.82, 2.24) is 9.55 Å². The summed E-state index contributed by atoms with van der Waals surface area (Å²) < 4.78 is 18.5. The van der Waals surface area contributed by atoms with Gasteiger partial charge in [-0.3, -0.25) is 4.57 Å². The molecule has 8 heteroatoms. The van der Waals surface area contributed by atoms with E-state index in [4.69, 9.17) is 19.9 Å². The number of aliphatic hydroxyl groups is 1. The van der Waals surface area contributed by atoms with Crippen LogP contribution in [0.15, 0.2) is 11.0 Å². The zero-order valence-corrected chi connectivity index (χ0v) is 12.0. The van der Waals surface area contributed by atoms with Crippen LogP contribution < -0.4 is 11.4 Å². The van der Waals surface area contributed by atoms with E-state index < -0.39 is 29.7 Å². The van der Waals surface area contributed by atoms with Crippen LogP contribution in [0, 0.1) is 6.92 Å². The van der Waals surface area contributed by atoms with Crippen LogP contribution in [-0.2, 0) is 14.2 Å². The third-order valence-corrected chi connectivity index (χ3v) is 4.26. The molecule has 0 spiro atoms. The minimum atomic E-state index is -0.850. The molecule has 0 saturated carbocycles. The van der Waals surface area contributed by atoms with Gasteiger partial charge in [0.1, 0.15) is 23.6 Å². The van der Waals surface area contributed by atoms with Crippen molar-refractivity contribution in [3.05, 3.63) is 22.2 Å². The minimum absolute atomic E-state index is 0.193. The lowest BCUT2D eigenvalue weighted by Gasteiger charge is -2.36. The first kappa shape index (κ1) is 14.5. The smallest absolute Gasteiger partial charge is 0.351 e. The first-order valence-corrected chi connectivity index (χ1v) is 6.81. The van der Waals surface area contributed by atoms with E-state index in [1.807, 2.05) is 0 Å². The van der Waals surface area contributed by atoms with Crippen LogP contribution in [0.5, 0.6) is 0 Å². The van der Waals surface area contributed by atoms with Gasteiger partial charge < -0.3 is 25.1 Å². The predicted molar refractivity (Wildman–Crippen MR) is 72.7 cm³/mol. The Bertz CT molecular complexity index is 604. The average Bonchev–Trinajstić information content (AvgIpc) is 2.65. The van der Waals surface area contributed by atoms with E-state index in [1.165, 1.54) is 11.7 Å². The van der Waals surface area contributed by atoms with Crippen molar-refractivity contribution in [1.29, 1.82) is 0 Å². The first-order valence-electron chi connectivity index (χ1n) is 6.81. The molecular formula is C13H19N3O5. The highest BCUT2D eigenvalue weighted by Gasteiger charge is 2.59. The highest BCUT2D eigenvalue weighted by Crippen LogP contribution is 2.45. The normalized spacial score (nSPS) is 35.1. The second-order valence-electron chi connectivity index (χ2n) is 5.47. The third-order valence-electron chi connectivity index (χ3n) is 4.26. The van der Waals surface area contributed by atoms with E-state index >= 15 is 0 Å². The highest BCUT2D eigenvalue weighted by molar-refractivity contribution is 5.35. The summed E-state index contributed by atoms with van der Waals surface area (Å²) in [6, 6.07) is 0. The highest BCUT2D eigenvalue weighted by atomic mass is 16.6. The van der Waals surface area contributed by atoms with Gasteiger partial charge in [0.2, 0.25) is 0 Å². The number of anilines is 1. The Morgan fingerprint density at radius 1 is 1.67 bits per heavy atom. The number of hydrogen-bond donors (Lipinski definition) is 2. The summed E-state index contributed by atoms with van der Waals surface area (Å²) in [5.74, 6) is 0.193. The van der Waals surface area contributed by atoms with Gasteiger partial charge in [-0.05, 0) is 6.92 Å². The molecular weight excluding hydrogens is 278 g/mol. The number of nitrogens with zero attached hydrogens (tertiary/aromatic N) is 2. The lowest BCUT2D eigenvalue weighted by molar-refractivity contribution is -0.154. The average molecular weight is 297 g/mol. The van der Waals surface area contributed by atoms with Crippen LogP contribution in [0.3, 0.4) is 0 Å². The molecule has 116 valence electrons. The molecule has 3 rings (SSSR count). The second-order valence-corrected chi connectivity index (χ2v) is 5.47. The number of fused-ring (bicyclic) bond motifs is 2. The quantitative estimate of drug-likeness (QED) is 0.751. The van der Waals surface area contributed by atoms with Crippen molar-refractivity contribution in [3.8, 4) is 0 Å². The Hall–Kier alpha value is -1.48. The molecule has 2 aliphatic heterocycles. The molecule has 1 aromatic rings. The molecule has 2 saturated heterocycles. The molecule has 0 amide bonds. The summed E-state index contributed by atoms with van der Waals surface area (Å²) in [4.78, 5) is 15.9. The predicted octanol–water partition coefficient (Wildman–Crippen LogP) is -0.802. The Kier molecular flexibility index (Phi) is 3.48. The maximum atomic E-state index is 12.1. The summed E-state index contributed by atoms with van der Waals surface area (Å²) in [5, 5.41) is 9.72. The van der Waals surface area contributed by atoms with Crippen LogP contribution >= 0.6 is 0 Å². The number of nitrogens with two attached hydrogens (primary N) is 1. The molecule has 0 aromatic carbocycles. The molecule has 3 heterocycles. The maximum absolute atomic E-state index is 12.1. The van der Waals surface area contributed by atoms with Gasteiger partial charge in [0.25, 0.3) is 0 Å². The van der Waals surface area contributed by atoms with E-state index in [1.54, 1.807) is 13.1 Å². The van der Waals surface area contributed by atoms with E-state index in [-0.39, 0.29) is 12.4 Å². The van der Waals surface area contributed by atoms with Gasteiger partial charge in [0.05, 0.1) is 13.2 Å². The van der Waals surface area contributed by atoms with Gasteiger partial charge in [0, 0.05) is 25.3 Å². The van der Waals surface area contributed by atoms with Crippen molar-refractivity contribution >= 4 is 5.82 Å². The van der Waals surface area contributed by atoms with Crippen molar-refractivity contribution in [2.45, 2.75) is 37.4 Å². The lowest BCUT2D eigenvalue weighted by atomic mass is 9.90. The van der Waals surface area contributed by atoms with Crippen LogP contribution in [0.1, 0.15) is 18.2 Å². The molecule has 4 atom stereocenters. The number of nitrogen functional groups attached to an aromatic ring is 1. The fourth-order valence-corrected chi connectivity index (χ4v) is 3.09. The summed E-state index contributed by atoms with van der Waals surface area (Å²) in [6.07, 6.45) is 0.496. The number of rotatable bonds is 3. The number of methoxy groups -OCH3 is 1. The van der Waals surface area contributed by atoms with Gasteiger partial charge in [0.15, 0.2) is 6.23 Å².